The largest absolute Gasteiger partial charge is 0.373 e. The molecule has 230 valence electrons. The smallest absolute Gasteiger partial charge is 0.0894 e. The lowest BCUT2D eigenvalue weighted by Crippen LogP contribution is -2.58. The van der Waals surface area contributed by atoms with E-state index in [4.69, 9.17) is 9.47 Å². The fourth-order valence-electron chi connectivity index (χ4n) is 12.8. The Bertz CT molecular complexity index is 1930. The number of hydrogen-bond acceptors (Lipinski definition) is 2. The molecule has 0 spiro atoms. The molecule has 0 saturated carbocycles. The normalized spacial score (nSPS) is 37.7. The fourth-order valence-corrected chi connectivity index (χ4v) is 19.4. The van der Waals surface area contributed by atoms with E-state index < -0.39 is 8.07 Å². The molecule has 0 N–H and O–H groups in total. The van der Waals surface area contributed by atoms with Crippen molar-refractivity contribution in [3.8, 4) is 0 Å². The molecule has 2 nitrogen and oxygen atoms in total. The lowest BCUT2D eigenvalue weighted by Gasteiger charge is -2.50. The summed E-state index contributed by atoms with van der Waals surface area (Å²) in [6.45, 7) is 5.50. The summed E-state index contributed by atoms with van der Waals surface area (Å²) in [7, 11) is -2.40. The van der Waals surface area contributed by atoms with Crippen LogP contribution in [0.4, 0.5) is 0 Å². The van der Waals surface area contributed by atoms with Crippen molar-refractivity contribution >= 4 is 19.2 Å². The first kappa shape index (κ1) is 27.0. The predicted molar refractivity (Wildman–Crippen MR) is 189 cm³/mol. The van der Waals surface area contributed by atoms with E-state index in [1.807, 2.05) is 0 Å². The summed E-state index contributed by atoms with van der Waals surface area (Å²) in [6.07, 6.45) is 0.539. The van der Waals surface area contributed by atoms with Gasteiger partial charge in [0.05, 0.1) is 32.5 Å². The second-order valence-electron chi connectivity index (χ2n) is 15.3. The second kappa shape index (κ2) is 9.11. The third-order valence-electron chi connectivity index (χ3n) is 13.8. The van der Waals surface area contributed by atoms with Crippen molar-refractivity contribution in [2.24, 2.45) is 23.7 Å². The Hall–Kier alpha value is -4.02. The first-order valence-corrected chi connectivity index (χ1v) is 20.5. The number of ether oxygens (including phenoxy) is 2. The molecule has 0 amide bonds. The van der Waals surface area contributed by atoms with Gasteiger partial charge in [-0.15, -0.1) is 0 Å². The molecule has 0 radical (unpaired) electrons. The first-order valence-electron chi connectivity index (χ1n) is 17.5. The van der Waals surface area contributed by atoms with Crippen LogP contribution in [-0.4, -0.2) is 20.3 Å². The van der Waals surface area contributed by atoms with Crippen molar-refractivity contribution in [1.82, 2.24) is 0 Å². The van der Waals surface area contributed by atoms with Crippen molar-refractivity contribution in [3.05, 3.63) is 179 Å². The van der Waals surface area contributed by atoms with Gasteiger partial charge in [0.1, 0.15) is 0 Å². The van der Waals surface area contributed by atoms with Crippen LogP contribution in [0.3, 0.4) is 0 Å². The van der Waals surface area contributed by atoms with Crippen LogP contribution in [0.15, 0.2) is 146 Å². The van der Waals surface area contributed by atoms with E-state index in [0.717, 1.165) is 0 Å². The van der Waals surface area contributed by atoms with Crippen LogP contribution < -0.4 is 0 Å². The third kappa shape index (κ3) is 2.87. The molecule has 5 aromatic carbocycles. The Balaban J connectivity index is 1.29. The fraction of sp³-hybridized carbons (Fsp3) is 0.273. The monoisotopic (exact) mass is 626 g/mol. The van der Waals surface area contributed by atoms with Gasteiger partial charge in [0.2, 0.25) is 0 Å². The summed E-state index contributed by atoms with van der Waals surface area (Å²) >= 11 is 0. The van der Waals surface area contributed by atoms with Crippen LogP contribution in [0.1, 0.15) is 45.6 Å². The van der Waals surface area contributed by atoms with Crippen LogP contribution in [0.25, 0.3) is 11.1 Å². The highest BCUT2D eigenvalue weighted by molar-refractivity contribution is 6.90. The van der Waals surface area contributed by atoms with E-state index in [2.05, 4.69) is 159 Å². The number of allylic oxidation sites excluding steroid dienone is 2. The molecule has 6 aliphatic heterocycles. The molecule has 10 atom stereocenters. The minimum absolute atomic E-state index is 0.124. The summed E-state index contributed by atoms with van der Waals surface area (Å²) in [6, 6.07) is 55.2. The highest BCUT2D eigenvalue weighted by Gasteiger charge is 2.88. The van der Waals surface area contributed by atoms with Gasteiger partial charge < -0.3 is 9.47 Å². The highest BCUT2D eigenvalue weighted by atomic mass is 28.3. The van der Waals surface area contributed by atoms with Crippen LogP contribution in [-0.2, 0) is 19.6 Å². The highest BCUT2D eigenvalue weighted by Crippen LogP contribution is 2.84. The molecule has 4 fully saturated rings. The summed E-state index contributed by atoms with van der Waals surface area (Å²) < 4.78 is 14.6. The Labute approximate surface area is 278 Å². The molecule has 6 bridgehead atoms. The Kier molecular flexibility index (Phi) is 5.23. The van der Waals surface area contributed by atoms with Crippen molar-refractivity contribution in [2.45, 2.75) is 47.6 Å². The van der Waals surface area contributed by atoms with Gasteiger partial charge in [-0.25, -0.2) is 0 Å². The maximum Gasteiger partial charge on any atom is 0.0894 e. The summed E-state index contributed by atoms with van der Waals surface area (Å²) in [4.78, 5) is 0. The maximum absolute atomic E-state index is 7.57. The van der Waals surface area contributed by atoms with Crippen LogP contribution in [0.2, 0.25) is 13.1 Å². The lowest BCUT2D eigenvalue weighted by molar-refractivity contribution is -0.0222. The second-order valence-corrected chi connectivity index (χ2v) is 20.2. The SMILES string of the molecule is C[Si]1(C)[C@]2(c3ccccc3)C(c3ccccc3)=C(c3ccccc3)[C@@]1(c1ccccc1)[C@H]1[C@H]3O[C@H]([C@H]4[C@@H]3[C@H]3O[C@@H]4c4ccccc43)[C@H]12. The van der Waals surface area contributed by atoms with Gasteiger partial charge in [-0.05, 0) is 44.5 Å². The quantitative estimate of drug-likeness (QED) is 0.185. The molecule has 4 saturated heterocycles. The van der Waals surface area contributed by atoms with Crippen molar-refractivity contribution in [3.63, 3.8) is 0 Å². The van der Waals surface area contributed by atoms with Gasteiger partial charge in [-0.1, -0.05) is 159 Å². The van der Waals surface area contributed by atoms with E-state index in [0.29, 0.717) is 23.7 Å². The van der Waals surface area contributed by atoms with Gasteiger partial charge >= 0.3 is 0 Å². The molecule has 0 aromatic heterocycles. The standard InChI is InChI=1S/C44H38O2Si/c1-47(2)43(29-21-11-5-12-22-29)35(27-17-7-3-8-18-27)36(28-19-9-4-10-20-28)44(47,30-23-13-6-14-24-30)38-37(43)41-33-34(42(38)46-41)40-32-26-16-15-25-31(32)39(33)45-40/h3-26,33-34,37-42H,1-2H3/t33-,34+,37-,38+,39+,40-,41+,42-,43+,44-. The molecule has 3 heteroatoms. The zero-order valence-corrected chi connectivity index (χ0v) is 27.8. The zero-order valence-electron chi connectivity index (χ0n) is 26.8. The first-order chi connectivity index (χ1) is 23.1. The predicted octanol–water partition coefficient (Wildman–Crippen LogP) is 9.36. The maximum atomic E-state index is 7.57. The molecule has 0 unspecified atom stereocenters. The van der Waals surface area contributed by atoms with E-state index in [1.54, 1.807) is 11.1 Å². The van der Waals surface area contributed by atoms with Crippen LogP contribution >= 0.6 is 0 Å². The average molecular weight is 627 g/mol. The lowest BCUT2D eigenvalue weighted by atomic mass is 9.50. The molecule has 6 aliphatic rings. The Morgan fingerprint density at radius 1 is 0.447 bits per heavy atom. The minimum Gasteiger partial charge on any atom is -0.373 e. The number of hydrogen-bond donors (Lipinski definition) is 0. The average Bonchev–Trinajstić information content (AvgIpc) is 3.95. The third-order valence-corrected chi connectivity index (χ3v) is 19.5. The number of fused-ring (bicyclic) bond motifs is 19. The molecule has 0 aliphatic carbocycles. The molecule has 6 heterocycles. The molecule has 11 rings (SSSR count). The zero-order chi connectivity index (χ0) is 31.1. The van der Waals surface area contributed by atoms with Gasteiger partial charge in [0.15, 0.2) is 0 Å². The van der Waals surface area contributed by atoms with Crippen molar-refractivity contribution in [2.75, 3.05) is 0 Å². The van der Waals surface area contributed by atoms with Crippen molar-refractivity contribution in [1.29, 1.82) is 0 Å². The number of benzene rings is 5. The molecule has 5 aromatic rings. The van der Waals surface area contributed by atoms with Gasteiger partial charge in [-0.2, -0.15) is 0 Å². The summed E-state index contributed by atoms with van der Waals surface area (Å²) in [5, 5.41) is -0.319. The van der Waals surface area contributed by atoms with Crippen LogP contribution in [0, 0.1) is 23.7 Å². The number of rotatable bonds is 4. The topological polar surface area (TPSA) is 18.5 Å². The summed E-state index contributed by atoms with van der Waals surface area (Å²) in [5.41, 5.74) is 11.6. The Morgan fingerprint density at radius 2 is 0.809 bits per heavy atom. The molecular formula is C44H38O2Si. The molecule has 47 heavy (non-hydrogen) atoms. The summed E-state index contributed by atoms with van der Waals surface area (Å²) in [5.74, 6) is 1.48. The van der Waals surface area contributed by atoms with Gasteiger partial charge in [0, 0.05) is 33.7 Å². The van der Waals surface area contributed by atoms with Gasteiger partial charge in [-0.3, -0.25) is 0 Å². The van der Waals surface area contributed by atoms with E-state index >= 15 is 0 Å². The van der Waals surface area contributed by atoms with Crippen LogP contribution in [0.5, 0.6) is 0 Å². The molecular weight excluding hydrogens is 589 g/mol. The van der Waals surface area contributed by atoms with E-state index in [-0.39, 0.29) is 34.5 Å². The minimum atomic E-state index is -2.40. The Morgan fingerprint density at radius 3 is 1.21 bits per heavy atom. The van der Waals surface area contributed by atoms with E-state index in [9.17, 15) is 0 Å². The van der Waals surface area contributed by atoms with Crippen molar-refractivity contribution < 1.29 is 9.47 Å². The van der Waals surface area contributed by atoms with Gasteiger partial charge in [0.25, 0.3) is 0 Å². The van der Waals surface area contributed by atoms with E-state index in [1.165, 1.54) is 33.4 Å².